The predicted molar refractivity (Wildman–Crippen MR) is 194 cm³/mol. The van der Waals surface area contributed by atoms with E-state index in [0.29, 0.717) is 31.6 Å². The molecule has 0 aromatic carbocycles. The third-order valence-electron chi connectivity index (χ3n) is 12.5. The van der Waals surface area contributed by atoms with Crippen molar-refractivity contribution in [2.45, 2.75) is 186 Å². The van der Waals surface area contributed by atoms with Gasteiger partial charge in [-0.3, -0.25) is 4.79 Å². The fourth-order valence-corrected chi connectivity index (χ4v) is 9.14. The molecule has 0 spiro atoms. The zero-order valence-corrected chi connectivity index (χ0v) is 34.0. The molecule has 3 fully saturated rings. The molecule has 308 valence electrons. The SMILES string of the molecule is CC[C@@H](O)[C@@](C)(O)[C@@H]1OC(=O)[C@H](C)[C@@H](O[C@H]2CC(C)(OC)[C@@H](O)C(C)O2)[C@H](C)[C@@H](O[C@@H]2OC(C)CC(N(C)CCCO)C2O)[C@@]2(C)CC(C)=C(O2)[C@@H]1C. The molecular formula is C39H69NO13. The highest BCUT2D eigenvalue weighted by Gasteiger charge is 2.57. The Bertz CT molecular complexity index is 1270. The maximum Gasteiger partial charge on any atom is 0.311 e. The molecule has 2 bridgehead atoms. The van der Waals surface area contributed by atoms with Crippen molar-refractivity contribution >= 4 is 5.97 Å². The predicted octanol–water partition coefficient (Wildman–Crippen LogP) is 2.64. The number of aliphatic hydroxyl groups excluding tert-OH is 4. The van der Waals surface area contributed by atoms with E-state index in [2.05, 4.69) is 0 Å². The number of carbonyl (C=O) groups is 1. The summed E-state index contributed by atoms with van der Waals surface area (Å²) in [6, 6.07) is -0.315. The van der Waals surface area contributed by atoms with Crippen LogP contribution in [0.25, 0.3) is 0 Å². The van der Waals surface area contributed by atoms with Crippen LogP contribution >= 0.6 is 0 Å². The number of methoxy groups -OCH3 is 1. The first kappa shape index (κ1) is 44.3. The minimum atomic E-state index is -1.84. The number of aliphatic hydroxyl groups is 5. The first-order valence-electron chi connectivity index (χ1n) is 19.5. The third-order valence-corrected chi connectivity index (χ3v) is 12.5. The van der Waals surface area contributed by atoms with Crippen molar-refractivity contribution in [3.05, 3.63) is 11.3 Å². The van der Waals surface area contributed by atoms with Crippen LogP contribution in [0.3, 0.4) is 0 Å². The molecule has 4 rings (SSSR count). The second-order valence-electron chi connectivity index (χ2n) is 16.9. The summed E-state index contributed by atoms with van der Waals surface area (Å²) in [6.07, 6.45) is -7.16. The molecule has 4 aliphatic rings. The first-order valence-corrected chi connectivity index (χ1v) is 19.5. The third kappa shape index (κ3) is 9.09. The van der Waals surface area contributed by atoms with E-state index in [1.54, 1.807) is 27.7 Å². The zero-order chi connectivity index (χ0) is 39.8. The van der Waals surface area contributed by atoms with E-state index in [-0.39, 0.29) is 31.6 Å². The highest BCUT2D eigenvalue weighted by Crippen LogP contribution is 2.48. The van der Waals surface area contributed by atoms with Gasteiger partial charge in [-0.1, -0.05) is 20.8 Å². The van der Waals surface area contributed by atoms with Gasteiger partial charge in [0.15, 0.2) is 12.6 Å². The molecule has 53 heavy (non-hydrogen) atoms. The molecule has 0 amide bonds. The van der Waals surface area contributed by atoms with Gasteiger partial charge in [0.2, 0.25) is 0 Å². The quantitative estimate of drug-likeness (QED) is 0.183. The van der Waals surface area contributed by atoms with Crippen molar-refractivity contribution in [3.63, 3.8) is 0 Å². The molecule has 14 nitrogen and oxygen atoms in total. The number of ether oxygens (including phenoxy) is 7. The smallest absolute Gasteiger partial charge is 0.311 e. The largest absolute Gasteiger partial charge is 0.488 e. The number of fused-ring (bicyclic) bond motifs is 2. The summed E-state index contributed by atoms with van der Waals surface area (Å²) in [6.45, 7) is 18.5. The van der Waals surface area contributed by atoms with E-state index in [1.807, 2.05) is 46.6 Å². The monoisotopic (exact) mass is 759 g/mol. The van der Waals surface area contributed by atoms with Gasteiger partial charge in [-0.25, -0.2) is 0 Å². The summed E-state index contributed by atoms with van der Waals surface area (Å²) >= 11 is 0. The van der Waals surface area contributed by atoms with Crippen LogP contribution in [-0.4, -0.2) is 148 Å². The number of likely N-dealkylation sites (N-methyl/N-ethyl adjacent to an activating group) is 1. The Morgan fingerprint density at radius 2 is 1.74 bits per heavy atom. The molecule has 14 heteroatoms. The molecule has 0 aliphatic carbocycles. The lowest BCUT2D eigenvalue weighted by Crippen LogP contribution is -2.60. The van der Waals surface area contributed by atoms with Gasteiger partial charge in [0, 0.05) is 45.1 Å². The van der Waals surface area contributed by atoms with Crippen molar-refractivity contribution in [3.8, 4) is 0 Å². The normalized spacial score (nSPS) is 44.6. The number of rotatable bonds is 12. The van der Waals surface area contributed by atoms with Crippen LogP contribution in [0.1, 0.15) is 101 Å². The molecule has 0 radical (unpaired) electrons. The minimum absolute atomic E-state index is 0.0310. The van der Waals surface area contributed by atoms with Gasteiger partial charge in [0.05, 0.1) is 41.9 Å². The van der Waals surface area contributed by atoms with Crippen LogP contribution in [0.15, 0.2) is 11.3 Å². The average molecular weight is 760 g/mol. The van der Waals surface area contributed by atoms with E-state index in [9.17, 15) is 30.3 Å². The lowest BCUT2D eigenvalue weighted by molar-refractivity contribution is -0.316. The first-order chi connectivity index (χ1) is 24.6. The zero-order valence-electron chi connectivity index (χ0n) is 34.0. The van der Waals surface area contributed by atoms with E-state index < -0.39 is 95.8 Å². The lowest BCUT2D eigenvalue weighted by atomic mass is 9.78. The van der Waals surface area contributed by atoms with Crippen molar-refractivity contribution in [1.29, 1.82) is 0 Å². The van der Waals surface area contributed by atoms with E-state index in [4.69, 9.17) is 33.2 Å². The number of nitrogens with zero attached hydrogens (tertiary/aromatic N) is 1. The molecule has 0 saturated carbocycles. The van der Waals surface area contributed by atoms with Gasteiger partial charge >= 0.3 is 5.97 Å². The van der Waals surface area contributed by atoms with Crippen LogP contribution in [0.2, 0.25) is 0 Å². The van der Waals surface area contributed by atoms with E-state index >= 15 is 0 Å². The van der Waals surface area contributed by atoms with E-state index in [0.717, 1.165) is 5.57 Å². The van der Waals surface area contributed by atoms with Gasteiger partial charge in [0.25, 0.3) is 0 Å². The molecule has 4 heterocycles. The summed E-state index contributed by atoms with van der Waals surface area (Å²) in [7, 11) is 3.43. The Morgan fingerprint density at radius 3 is 2.34 bits per heavy atom. The maximum atomic E-state index is 14.3. The van der Waals surface area contributed by atoms with Crippen molar-refractivity contribution in [2.75, 3.05) is 27.3 Å². The topological polar surface area (TPSA) is 186 Å². The highest BCUT2D eigenvalue weighted by atomic mass is 16.7. The standard InChI is InChI=1S/C39H69NO13/c1-13-27(42)39(10,46)34-22(4)30-20(2)18-38(9,53-30)33(52-36-29(43)26(17-21(3)48-36)40(11)15-14-16-41)23(5)31(24(6)35(45)51-34)50-28-19-37(8,47-12)32(44)25(7)49-28/h21-29,31-34,36,41-44,46H,13-19H2,1-12H3/t21?,22-,23-,24+,25?,26?,27+,28-,29?,31-,32-,33+,34+,36-,37?,38+,39+/m0/s1. The lowest BCUT2D eigenvalue weighted by Gasteiger charge is -2.48. The number of carbonyl (C=O) groups excluding carboxylic acids is 1. The second-order valence-corrected chi connectivity index (χ2v) is 16.9. The van der Waals surface area contributed by atoms with Crippen molar-refractivity contribution < 1.29 is 63.5 Å². The maximum absolute atomic E-state index is 14.3. The number of cyclic esters (lactones) is 1. The molecule has 3 saturated heterocycles. The van der Waals surface area contributed by atoms with Crippen LogP contribution < -0.4 is 0 Å². The molecule has 5 unspecified atom stereocenters. The Morgan fingerprint density at radius 1 is 1.08 bits per heavy atom. The van der Waals surface area contributed by atoms with Gasteiger partial charge in [-0.05, 0) is 80.3 Å². The van der Waals surface area contributed by atoms with Gasteiger partial charge in [-0.2, -0.15) is 0 Å². The molecule has 17 atom stereocenters. The summed E-state index contributed by atoms with van der Waals surface area (Å²) in [5.74, 6) is -2.37. The molecular weight excluding hydrogens is 690 g/mol. The molecule has 5 N–H and O–H groups in total. The number of hydrogen-bond donors (Lipinski definition) is 5. The Balaban J connectivity index is 1.81. The van der Waals surface area contributed by atoms with Gasteiger partial charge < -0.3 is 63.6 Å². The van der Waals surface area contributed by atoms with E-state index in [1.165, 1.54) is 14.0 Å². The summed E-state index contributed by atoms with van der Waals surface area (Å²) in [4.78, 5) is 16.3. The minimum Gasteiger partial charge on any atom is -0.488 e. The van der Waals surface area contributed by atoms with Gasteiger partial charge in [0.1, 0.15) is 41.4 Å². The average Bonchev–Trinajstić information content (AvgIpc) is 3.42. The van der Waals surface area contributed by atoms with Crippen LogP contribution in [0.5, 0.6) is 0 Å². The molecule has 0 aromatic heterocycles. The Hall–Kier alpha value is -1.43. The summed E-state index contributed by atoms with van der Waals surface area (Å²) in [5.41, 5.74) is -3.04. The fraction of sp³-hybridized carbons (Fsp3) is 0.923. The number of esters is 1. The fourth-order valence-electron chi connectivity index (χ4n) is 9.14. The number of hydrogen-bond acceptors (Lipinski definition) is 14. The summed E-state index contributed by atoms with van der Waals surface area (Å²) < 4.78 is 45.0. The van der Waals surface area contributed by atoms with Gasteiger partial charge in [-0.15, -0.1) is 0 Å². The van der Waals surface area contributed by atoms with Crippen molar-refractivity contribution in [2.24, 2.45) is 17.8 Å². The van der Waals surface area contributed by atoms with Crippen LogP contribution in [0, 0.1) is 17.8 Å². The van der Waals surface area contributed by atoms with Crippen LogP contribution in [-0.2, 0) is 38.0 Å². The molecule has 0 aromatic rings. The molecule has 4 aliphatic heterocycles. The Kier molecular flexibility index (Phi) is 14.5. The van der Waals surface area contributed by atoms with Crippen LogP contribution in [0.4, 0.5) is 0 Å². The highest BCUT2D eigenvalue weighted by molar-refractivity contribution is 5.73. The Labute approximate surface area is 316 Å². The summed E-state index contributed by atoms with van der Waals surface area (Å²) in [5, 5.41) is 55.0. The van der Waals surface area contributed by atoms with Crippen molar-refractivity contribution in [1.82, 2.24) is 4.90 Å². The second kappa shape index (κ2) is 17.4.